The molecule has 2 nitrogen and oxygen atoms in total. The van der Waals surface area contributed by atoms with Gasteiger partial charge in [-0.05, 0) is 36.0 Å². The molecule has 0 radical (unpaired) electrons. The van der Waals surface area contributed by atoms with Crippen LogP contribution in [0.1, 0.15) is 35.4 Å². The van der Waals surface area contributed by atoms with Gasteiger partial charge in [-0.3, -0.25) is 0 Å². The molecule has 1 aliphatic carbocycles. The van der Waals surface area contributed by atoms with Crippen LogP contribution in [0.4, 0.5) is 0 Å². The van der Waals surface area contributed by atoms with Gasteiger partial charge in [0.1, 0.15) is 12.0 Å². The molecule has 0 aromatic heterocycles. The zero-order chi connectivity index (χ0) is 10.3. The summed E-state index contributed by atoms with van der Waals surface area (Å²) in [6.45, 7) is 0.805. The van der Waals surface area contributed by atoms with Crippen LogP contribution in [0.2, 0.25) is 0 Å². The molecule has 0 spiro atoms. The van der Waals surface area contributed by atoms with Crippen LogP contribution in [-0.2, 0) is 17.6 Å². The number of hydrogen-bond donors (Lipinski definition) is 0. The van der Waals surface area contributed by atoms with Crippen LogP contribution in [0.3, 0.4) is 0 Å². The van der Waals surface area contributed by atoms with Gasteiger partial charge in [-0.2, -0.15) is 0 Å². The molecule has 1 aromatic carbocycles. The summed E-state index contributed by atoms with van der Waals surface area (Å²) in [7, 11) is 0. The van der Waals surface area contributed by atoms with E-state index >= 15 is 0 Å². The van der Waals surface area contributed by atoms with E-state index in [2.05, 4.69) is 12.1 Å². The summed E-state index contributed by atoms with van der Waals surface area (Å²) >= 11 is 0. The average Bonchev–Trinajstić information content (AvgIpc) is 2.83. The van der Waals surface area contributed by atoms with Crippen LogP contribution < -0.4 is 4.74 Å². The van der Waals surface area contributed by atoms with Crippen LogP contribution in [0.15, 0.2) is 12.1 Å². The third kappa shape index (κ3) is 1.28. The Morgan fingerprint density at radius 3 is 3.20 bits per heavy atom. The molecule has 2 aliphatic rings. The minimum Gasteiger partial charge on any atom is -0.493 e. The molecule has 0 saturated heterocycles. The predicted octanol–water partition coefficient (Wildman–Crippen LogP) is 2.24. The molecule has 1 heterocycles. The number of carbonyl (C=O) groups excluding carboxylic acids is 1. The fourth-order valence-corrected chi connectivity index (χ4v) is 2.90. The van der Waals surface area contributed by atoms with Gasteiger partial charge in [-0.1, -0.05) is 6.07 Å². The van der Waals surface area contributed by atoms with Gasteiger partial charge in [0.2, 0.25) is 0 Å². The highest BCUT2D eigenvalue weighted by molar-refractivity contribution is 5.57. The number of ether oxygens (including phenoxy) is 1. The van der Waals surface area contributed by atoms with Crippen molar-refractivity contribution in [2.24, 2.45) is 0 Å². The van der Waals surface area contributed by atoms with E-state index < -0.39 is 0 Å². The van der Waals surface area contributed by atoms with Crippen molar-refractivity contribution >= 4 is 6.29 Å². The normalized spacial score (nSPS) is 22.0. The van der Waals surface area contributed by atoms with E-state index in [1.807, 2.05) is 0 Å². The molecule has 1 aromatic rings. The Hall–Kier alpha value is -1.31. The van der Waals surface area contributed by atoms with Crippen LogP contribution in [0, 0.1) is 0 Å². The summed E-state index contributed by atoms with van der Waals surface area (Å²) in [5.74, 6) is 1.50. The Morgan fingerprint density at radius 2 is 2.33 bits per heavy atom. The molecule has 0 bridgehead atoms. The van der Waals surface area contributed by atoms with Crippen molar-refractivity contribution in [2.75, 3.05) is 6.61 Å². The lowest BCUT2D eigenvalue weighted by atomic mass is 9.92. The SMILES string of the molecule is O=CC[C@@H]1CCc2ccc3c(c21)CCO3. The third-order valence-corrected chi connectivity index (χ3v) is 3.57. The molecule has 0 fully saturated rings. The number of carbonyl (C=O) groups is 1. The van der Waals surface area contributed by atoms with E-state index in [0.717, 1.165) is 37.9 Å². The third-order valence-electron chi connectivity index (χ3n) is 3.57. The van der Waals surface area contributed by atoms with E-state index in [1.165, 1.54) is 16.7 Å². The van der Waals surface area contributed by atoms with Crippen molar-refractivity contribution in [2.45, 2.75) is 31.6 Å². The first-order valence-electron chi connectivity index (χ1n) is 5.61. The topological polar surface area (TPSA) is 26.3 Å². The van der Waals surface area contributed by atoms with E-state index in [1.54, 1.807) is 0 Å². The molecule has 2 heteroatoms. The Labute approximate surface area is 89.2 Å². The van der Waals surface area contributed by atoms with Gasteiger partial charge in [0, 0.05) is 18.4 Å². The molecule has 1 atom stereocenters. The van der Waals surface area contributed by atoms with E-state index in [-0.39, 0.29) is 0 Å². The first-order chi connectivity index (χ1) is 7.40. The summed E-state index contributed by atoms with van der Waals surface area (Å²) < 4.78 is 5.56. The van der Waals surface area contributed by atoms with E-state index in [0.29, 0.717) is 12.3 Å². The summed E-state index contributed by atoms with van der Waals surface area (Å²) in [5, 5.41) is 0. The minimum absolute atomic E-state index is 0.453. The Bertz CT molecular complexity index is 409. The number of aryl methyl sites for hydroxylation is 1. The second kappa shape index (κ2) is 3.37. The second-order valence-electron chi connectivity index (χ2n) is 4.35. The smallest absolute Gasteiger partial charge is 0.122 e. The molecule has 78 valence electrons. The molecular weight excluding hydrogens is 188 g/mol. The highest BCUT2D eigenvalue weighted by Crippen LogP contribution is 2.42. The number of hydrogen-bond acceptors (Lipinski definition) is 2. The molecule has 0 saturated carbocycles. The lowest BCUT2D eigenvalue weighted by molar-refractivity contribution is -0.108. The van der Waals surface area contributed by atoms with Crippen molar-refractivity contribution in [3.8, 4) is 5.75 Å². The summed E-state index contributed by atoms with van der Waals surface area (Å²) in [6.07, 6.45) is 5.00. The molecule has 15 heavy (non-hydrogen) atoms. The molecular formula is C13H14O2. The highest BCUT2D eigenvalue weighted by atomic mass is 16.5. The van der Waals surface area contributed by atoms with Crippen LogP contribution in [-0.4, -0.2) is 12.9 Å². The fourth-order valence-electron chi connectivity index (χ4n) is 2.90. The van der Waals surface area contributed by atoms with Gasteiger partial charge in [-0.15, -0.1) is 0 Å². The zero-order valence-electron chi connectivity index (χ0n) is 8.66. The van der Waals surface area contributed by atoms with Crippen molar-refractivity contribution in [1.29, 1.82) is 0 Å². The highest BCUT2D eigenvalue weighted by Gasteiger charge is 2.28. The summed E-state index contributed by atoms with van der Waals surface area (Å²) in [4.78, 5) is 10.6. The van der Waals surface area contributed by atoms with E-state index in [9.17, 15) is 4.79 Å². The maximum Gasteiger partial charge on any atom is 0.122 e. The van der Waals surface area contributed by atoms with Gasteiger partial charge < -0.3 is 9.53 Å². The standard InChI is InChI=1S/C13H14O2/c14-7-5-10-2-1-9-3-4-12-11(13(9)10)6-8-15-12/h3-4,7,10H,1-2,5-6,8H2/t10-/m0/s1. The van der Waals surface area contributed by atoms with E-state index in [4.69, 9.17) is 4.74 Å². The molecule has 1 aliphatic heterocycles. The first kappa shape index (κ1) is 8.96. The lowest BCUT2D eigenvalue weighted by Gasteiger charge is -2.11. The van der Waals surface area contributed by atoms with Gasteiger partial charge in [0.15, 0.2) is 0 Å². The average molecular weight is 202 g/mol. The number of fused-ring (bicyclic) bond motifs is 3. The van der Waals surface area contributed by atoms with Gasteiger partial charge in [0.05, 0.1) is 6.61 Å². The first-order valence-corrected chi connectivity index (χ1v) is 5.61. The predicted molar refractivity (Wildman–Crippen MR) is 57.4 cm³/mol. The molecule has 0 N–H and O–H groups in total. The monoisotopic (exact) mass is 202 g/mol. The van der Waals surface area contributed by atoms with Crippen LogP contribution >= 0.6 is 0 Å². The fraction of sp³-hybridized carbons (Fsp3) is 0.462. The Morgan fingerprint density at radius 1 is 1.40 bits per heavy atom. The second-order valence-corrected chi connectivity index (χ2v) is 4.35. The minimum atomic E-state index is 0.453. The summed E-state index contributed by atoms with van der Waals surface area (Å²) in [5.41, 5.74) is 4.24. The maximum atomic E-state index is 10.6. The van der Waals surface area contributed by atoms with Gasteiger partial charge >= 0.3 is 0 Å². The Kier molecular flexibility index (Phi) is 2.01. The number of benzene rings is 1. The largest absolute Gasteiger partial charge is 0.493 e. The van der Waals surface area contributed by atoms with Crippen molar-refractivity contribution in [3.63, 3.8) is 0 Å². The van der Waals surface area contributed by atoms with Crippen LogP contribution in [0.25, 0.3) is 0 Å². The molecule has 0 amide bonds. The van der Waals surface area contributed by atoms with Gasteiger partial charge in [-0.25, -0.2) is 0 Å². The molecule has 3 rings (SSSR count). The van der Waals surface area contributed by atoms with Crippen molar-refractivity contribution in [1.82, 2.24) is 0 Å². The van der Waals surface area contributed by atoms with Crippen molar-refractivity contribution < 1.29 is 9.53 Å². The van der Waals surface area contributed by atoms with Crippen molar-refractivity contribution in [3.05, 3.63) is 28.8 Å². The van der Waals surface area contributed by atoms with Gasteiger partial charge in [0.25, 0.3) is 0 Å². The van der Waals surface area contributed by atoms with Crippen LogP contribution in [0.5, 0.6) is 5.75 Å². The zero-order valence-corrected chi connectivity index (χ0v) is 8.66. The quantitative estimate of drug-likeness (QED) is 0.687. The Balaban J connectivity index is 2.09. The maximum absolute atomic E-state index is 10.6. The molecule has 0 unspecified atom stereocenters. The lowest BCUT2D eigenvalue weighted by Crippen LogP contribution is -1.98. The number of aldehydes is 1. The summed E-state index contributed by atoms with van der Waals surface area (Å²) in [6, 6.07) is 4.26. The number of rotatable bonds is 2.